The second kappa shape index (κ2) is 8.31. The predicted molar refractivity (Wildman–Crippen MR) is 86.2 cm³/mol. The van der Waals surface area contributed by atoms with Crippen molar-refractivity contribution in [2.24, 2.45) is 0 Å². The van der Waals surface area contributed by atoms with E-state index in [1.807, 2.05) is 6.07 Å². The average molecular weight is 352 g/mol. The molecule has 5 nitrogen and oxygen atoms in total. The van der Waals surface area contributed by atoms with Crippen LogP contribution >= 0.6 is 11.6 Å². The highest BCUT2D eigenvalue weighted by Crippen LogP contribution is 2.24. The molecular formula is C17H15ClFNO4. The molecule has 7 heteroatoms. The van der Waals surface area contributed by atoms with Gasteiger partial charge in [0.15, 0.2) is 0 Å². The van der Waals surface area contributed by atoms with E-state index >= 15 is 0 Å². The number of aliphatic carboxylic acids is 1. The minimum Gasteiger partial charge on any atom is -0.481 e. The van der Waals surface area contributed by atoms with Gasteiger partial charge in [0.2, 0.25) is 0 Å². The Hall–Kier alpha value is -2.60. The number of hydrogen-bond donors (Lipinski definition) is 2. The van der Waals surface area contributed by atoms with Gasteiger partial charge in [-0.1, -0.05) is 41.9 Å². The van der Waals surface area contributed by atoms with E-state index in [1.165, 1.54) is 12.1 Å². The standard InChI is InChI=1S/C17H15ClFNO4/c18-12-6-7-14(19)13(8-12)15(9-16(21)22)20-17(23)24-10-11-4-2-1-3-5-11/h1-8,15H,9-10H2,(H,20,23)(H,21,22). The van der Waals surface area contributed by atoms with Crippen molar-refractivity contribution in [3.05, 3.63) is 70.5 Å². The molecule has 2 aromatic rings. The molecule has 0 radical (unpaired) electrons. The van der Waals surface area contributed by atoms with Crippen LogP contribution in [0.4, 0.5) is 9.18 Å². The van der Waals surface area contributed by atoms with Gasteiger partial charge in [0.25, 0.3) is 0 Å². The molecule has 0 saturated carbocycles. The number of halogens is 2. The topological polar surface area (TPSA) is 75.6 Å². The van der Waals surface area contributed by atoms with Crippen molar-refractivity contribution in [2.75, 3.05) is 0 Å². The van der Waals surface area contributed by atoms with E-state index in [-0.39, 0.29) is 17.2 Å². The van der Waals surface area contributed by atoms with Crippen molar-refractivity contribution < 1.29 is 23.8 Å². The van der Waals surface area contributed by atoms with E-state index in [1.54, 1.807) is 24.3 Å². The smallest absolute Gasteiger partial charge is 0.407 e. The molecule has 0 saturated heterocycles. The highest BCUT2D eigenvalue weighted by atomic mass is 35.5. The first-order valence-corrected chi connectivity index (χ1v) is 7.47. The minimum atomic E-state index is -1.19. The molecule has 0 bridgehead atoms. The number of carboxylic acid groups (broad SMARTS) is 1. The Morgan fingerprint density at radius 2 is 1.92 bits per heavy atom. The Bertz CT molecular complexity index is 724. The van der Waals surface area contributed by atoms with E-state index in [0.29, 0.717) is 0 Å². The number of carbonyl (C=O) groups is 2. The second-order valence-electron chi connectivity index (χ2n) is 5.02. The lowest BCUT2D eigenvalue weighted by Crippen LogP contribution is -2.31. The lowest BCUT2D eigenvalue weighted by Gasteiger charge is -2.18. The maximum atomic E-state index is 13.9. The van der Waals surface area contributed by atoms with Crippen LogP contribution in [0.15, 0.2) is 48.5 Å². The van der Waals surface area contributed by atoms with Gasteiger partial charge in [0.05, 0.1) is 12.5 Å². The van der Waals surface area contributed by atoms with Gasteiger partial charge >= 0.3 is 12.1 Å². The van der Waals surface area contributed by atoms with E-state index in [2.05, 4.69) is 5.32 Å². The van der Waals surface area contributed by atoms with Crippen LogP contribution in [-0.4, -0.2) is 17.2 Å². The summed E-state index contributed by atoms with van der Waals surface area (Å²) in [6.45, 7) is 0.0183. The van der Waals surface area contributed by atoms with Gasteiger partial charge < -0.3 is 15.2 Å². The molecule has 1 amide bonds. The Balaban J connectivity index is 2.06. The van der Waals surface area contributed by atoms with Crippen LogP contribution in [0.1, 0.15) is 23.6 Å². The summed E-state index contributed by atoms with van der Waals surface area (Å²) < 4.78 is 19.0. The van der Waals surface area contributed by atoms with Gasteiger partial charge in [-0.25, -0.2) is 9.18 Å². The molecule has 24 heavy (non-hydrogen) atoms. The summed E-state index contributed by atoms with van der Waals surface area (Å²) in [5.41, 5.74) is 0.762. The van der Waals surface area contributed by atoms with Gasteiger partial charge in [-0.15, -0.1) is 0 Å². The second-order valence-corrected chi connectivity index (χ2v) is 5.46. The van der Waals surface area contributed by atoms with Crippen LogP contribution in [0.5, 0.6) is 0 Å². The first kappa shape index (κ1) is 17.7. The van der Waals surface area contributed by atoms with Gasteiger partial charge in [0.1, 0.15) is 12.4 Å². The first-order chi connectivity index (χ1) is 11.5. The molecule has 2 N–H and O–H groups in total. The van der Waals surface area contributed by atoms with Crippen molar-refractivity contribution in [1.29, 1.82) is 0 Å². The summed E-state index contributed by atoms with van der Waals surface area (Å²) in [4.78, 5) is 22.9. The third-order valence-electron chi connectivity index (χ3n) is 3.22. The normalized spacial score (nSPS) is 11.6. The van der Waals surface area contributed by atoms with Crippen LogP contribution in [0.25, 0.3) is 0 Å². The third kappa shape index (κ3) is 5.24. The number of amides is 1. The molecular weight excluding hydrogens is 337 g/mol. The maximum Gasteiger partial charge on any atom is 0.407 e. The lowest BCUT2D eigenvalue weighted by molar-refractivity contribution is -0.137. The fourth-order valence-corrected chi connectivity index (χ4v) is 2.28. The van der Waals surface area contributed by atoms with Crippen molar-refractivity contribution in [3.63, 3.8) is 0 Å². The number of benzene rings is 2. The molecule has 0 spiro atoms. The van der Waals surface area contributed by atoms with E-state index in [0.717, 1.165) is 11.6 Å². The van der Waals surface area contributed by atoms with Gasteiger partial charge in [-0.2, -0.15) is 0 Å². The Morgan fingerprint density at radius 3 is 2.58 bits per heavy atom. The van der Waals surface area contributed by atoms with Crippen LogP contribution < -0.4 is 5.32 Å². The summed E-state index contributed by atoms with van der Waals surface area (Å²) in [5, 5.41) is 11.6. The largest absolute Gasteiger partial charge is 0.481 e. The first-order valence-electron chi connectivity index (χ1n) is 7.09. The fourth-order valence-electron chi connectivity index (χ4n) is 2.10. The van der Waals surface area contributed by atoms with E-state index in [9.17, 15) is 14.0 Å². The number of hydrogen-bond acceptors (Lipinski definition) is 3. The van der Waals surface area contributed by atoms with Crippen LogP contribution in [0, 0.1) is 5.82 Å². The Labute approximate surface area is 143 Å². The Kier molecular flexibility index (Phi) is 6.14. The zero-order chi connectivity index (χ0) is 17.5. The van der Waals surface area contributed by atoms with Crippen LogP contribution in [0.3, 0.4) is 0 Å². The zero-order valence-electron chi connectivity index (χ0n) is 12.5. The molecule has 1 unspecified atom stereocenters. The highest BCUT2D eigenvalue weighted by Gasteiger charge is 2.22. The molecule has 2 aromatic carbocycles. The maximum absolute atomic E-state index is 13.9. The lowest BCUT2D eigenvalue weighted by atomic mass is 10.0. The number of rotatable bonds is 6. The predicted octanol–water partition coefficient (Wildman–Crippen LogP) is 3.92. The van der Waals surface area contributed by atoms with E-state index in [4.69, 9.17) is 21.4 Å². The molecule has 126 valence electrons. The van der Waals surface area contributed by atoms with Crippen molar-refractivity contribution in [3.8, 4) is 0 Å². The van der Waals surface area contributed by atoms with Crippen LogP contribution in [0.2, 0.25) is 5.02 Å². The molecule has 0 aliphatic rings. The monoisotopic (exact) mass is 351 g/mol. The van der Waals surface area contributed by atoms with Crippen molar-refractivity contribution in [2.45, 2.75) is 19.1 Å². The minimum absolute atomic E-state index is 0.0124. The number of carboxylic acids is 1. The number of carbonyl (C=O) groups excluding carboxylic acids is 1. The van der Waals surface area contributed by atoms with Crippen molar-refractivity contribution in [1.82, 2.24) is 5.32 Å². The summed E-state index contributed by atoms with van der Waals surface area (Å²) in [6.07, 6.45) is -1.35. The average Bonchev–Trinajstić information content (AvgIpc) is 2.55. The van der Waals surface area contributed by atoms with Crippen LogP contribution in [-0.2, 0) is 16.1 Å². The third-order valence-corrected chi connectivity index (χ3v) is 3.45. The SMILES string of the molecule is O=C(O)CC(NC(=O)OCc1ccccc1)c1cc(Cl)ccc1F. The number of ether oxygens (including phenoxy) is 1. The molecule has 0 aliphatic heterocycles. The van der Waals surface area contributed by atoms with Gasteiger partial charge in [-0.3, -0.25) is 4.79 Å². The molecule has 2 rings (SSSR count). The quantitative estimate of drug-likeness (QED) is 0.827. The molecule has 0 aromatic heterocycles. The highest BCUT2D eigenvalue weighted by molar-refractivity contribution is 6.30. The van der Waals surface area contributed by atoms with Gasteiger partial charge in [0, 0.05) is 10.6 Å². The summed E-state index contributed by atoms with van der Waals surface area (Å²) in [6, 6.07) is 11.6. The number of nitrogens with one attached hydrogen (secondary N) is 1. The Morgan fingerprint density at radius 1 is 1.21 bits per heavy atom. The van der Waals surface area contributed by atoms with E-state index < -0.39 is 30.3 Å². The summed E-state index contributed by atoms with van der Waals surface area (Å²) in [7, 11) is 0. The molecule has 0 heterocycles. The fraction of sp³-hybridized carbons (Fsp3) is 0.176. The molecule has 0 fully saturated rings. The summed E-state index contributed by atoms with van der Waals surface area (Å²) in [5.74, 6) is -1.85. The summed E-state index contributed by atoms with van der Waals surface area (Å²) >= 11 is 5.82. The molecule has 0 aliphatic carbocycles. The van der Waals surface area contributed by atoms with Crippen molar-refractivity contribution >= 4 is 23.7 Å². The number of alkyl carbamates (subject to hydrolysis) is 1. The molecule has 1 atom stereocenters. The zero-order valence-corrected chi connectivity index (χ0v) is 13.3. The van der Waals surface area contributed by atoms with Gasteiger partial charge in [-0.05, 0) is 23.8 Å².